The molecule has 7 N–H and O–H groups in total. The molecule has 3 aromatic carbocycles. The normalized spacial score (nSPS) is 14.4. The predicted octanol–water partition coefficient (Wildman–Crippen LogP) is 6.54. The third kappa shape index (κ3) is 15.7. The van der Waals surface area contributed by atoms with Crippen molar-refractivity contribution in [3.63, 3.8) is 0 Å². The van der Waals surface area contributed by atoms with Gasteiger partial charge in [0, 0.05) is 60.9 Å². The van der Waals surface area contributed by atoms with E-state index in [0.717, 1.165) is 45.0 Å². The Morgan fingerprint density at radius 2 is 1.30 bits per heavy atom. The van der Waals surface area contributed by atoms with Gasteiger partial charge in [0.2, 0.25) is 11.8 Å². The number of aliphatic carboxylic acids is 1. The van der Waals surface area contributed by atoms with Crippen LogP contribution in [0.5, 0.6) is 5.75 Å². The van der Waals surface area contributed by atoms with Crippen LogP contribution in [0.2, 0.25) is 0 Å². The van der Waals surface area contributed by atoms with E-state index in [4.69, 9.17) is 15.6 Å². The van der Waals surface area contributed by atoms with Crippen molar-refractivity contribution >= 4 is 58.3 Å². The van der Waals surface area contributed by atoms with Crippen LogP contribution in [0, 0.1) is 11.8 Å². The first kappa shape index (κ1) is 54.4. The summed E-state index contributed by atoms with van der Waals surface area (Å²) in [6.07, 6.45) is 3.54. The molecule has 0 radical (unpaired) electrons. The van der Waals surface area contributed by atoms with Crippen LogP contribution in [0.4, 0.5) is 4.79 Å². The second-order valence-electron chi connectivity index (χ2n) is 18.4. The first-order chi connectivity index (χ1) is 33.3. The number of nitrogens with two attached hydrogens (primary N) is 1. The van der Waals surface area contributed by atoms with E-state index in [1.807, 2.05) is 48.5 Å². The summed E-state index contributed by atoms with van der Waals surface area (Å²) in [4.78, 5) is 107. The number of carbonyl (C=O) groups excluding carboxylic acids is 7. The van der Waals surface area contributed by atoms with Crippen LogP contribution < -0.4 is 21.7 Å². The monoisotopic (exact) mass is 979 g/mol. The van der Waals surface area contributed by atoms with Crippen molar-refractivity contribution in [2.75, 3.05) is 6.61 Å². The van der Waals surface area contributed by atoms with Gasteiger partial charge in [-0.2, -0.15) is 0 Å². The Morgan fingerprint density at radius 3 is 1.90 bits per heavy atom. The molecular formula is C53H65N5O11S. The molecule has 1 aliphatic carbocycles. The van der Waals surface area contributed by atoms with Crippen molar-refractivity contribution in [3.8, 4) is 16.9 Å². The van der Waals surface area contributed by atoms with E-state index in [1.165, 1.54) is 31.3 Å². The number of ether oxygens (including phenoxy) is 1. The van der Waals surface area contributed by atoms with Gasteiger partial charge in [0.15, 0.2) is 17.3 Å². The molecule has 6 atom stereocenters. The number of fused-ring (bicyclic) bond motifs is 3. The summed E-state index contributed by atoms with van der Waals surface area (Å²) in [5.41, 5.74) is 11.0. The third-order valence-corrected chi connectivity index (χ3v) is 13.6. The number of Topliss-reactive ketones (excluding diaryl/α,β-unsaturated/α-hetero) is 4. The lowest BCUT2D eigenvalue weighted by Crippen LogP contribution is -2.45. The van der Waals surface area contributed by atoms with Gasteiger partial charge in [-0.15, -0.1) is 11.3 Å². The number of phenolic OH excluding ortho intramolecular Hbond substituents is 1. The number of carboxylic acid groups (broad SMARTS) is 1. The van der Waals surface area contributed by atoms with Crippen LogP contribution in [0.25, 0.3) is 11.1 Å². The van der Waals surface area contributed by atoms with Gasteiger partial charge in [-0.1, -0.05) is 80.9 Å². The number of aryl methyl sites for hydroxylation is 1. The van der Waals surface area contributed by atoms with Gasteiger partial charge in [0.05, 0.1) is 35.6 Å². The zero-order valence-electron chi connectivity index (χ0n) is 40.5. The molecule has 4 aromatic rings. The molecule has 1 heterocycles. The number of hydrogen-bond acceptors (Lipinski definition) is 13. The first-order valence-electron chi connectivity index (χ1n) is 23.9. The number of aromatic nitrogens is 1. The lowest BCUT2D eigenvalue weighted by atomic mass is 9.93. The van der Waals surface area contributed by atoms with Gasteiger partial charge in [-0.25, -0.2) is 9.78 Å². The number of nitrogens with one attached hydrogen (secondary N) is 3. The summed E-state index contributed by atoms with van der Waals surface area (Å²) >= 11 is 1.50. The van der Waals surface area contributed by atoms with Crippen molar-refractivity contribution in [2.24, 2.45) is 17.6 Å². The highest BCUT2D eigenvalue weighted by molar-refractivity contribution is 7.11. The van der Waals surface area contributed by atoms with E-state index in [9.17, 15) is 43.5 Å². The van der Waals surface area contributed by atoms with Gasteiger partial charge in [-0.05, 0) is 85.9 Å². The molecule has 17 heteroatoms. The molecule has 1 aliphatic rings. The number of carbonyl (C=O) groups is 8. The summed E-state index contributed by atoms with van der Waals surface area (Å²) in [7, 11) is 0. The highest BCUT2D eigenvalue weighted by Crippen LogP contribution is 2.44. The predicted molar refractivity (Wildman–Crippen MR) is 264 cm³/mol. The number of aromatic hydroxyl groups is 1. The Labute approximate surface area is 412 Å². The second kappa shape index (κ2) is 25.9. The minimum atomic E-state index is -1.14. The number of nitrogens with zero attached hydrogens (tertiary/aromatic N) is 1. The molecule has 0 saturated heterocycles. The molecular weight excluding hydrogens is 915 g/mol. The molecule has 0 aliphatic heterocycles. The SMILES string of the molecule is C[C@H](N)C(=O)C[C@@H](C)C(=O)N[C@@H](C)C(=O)CCCCCc1ncc(Cc2cc(C[C@H](NC(=O)OCC3c4ccccc4-c4ccccc43)C(=O)C[C@@H](C)C(=O)N[C@@H](C)C(=O)CCC(=O)O)ccc2O)s1. The van der Waals surface area contributed by atoms with E-state index in [-0.39, 0.29) is 67.9 Å². The Morgan fingerprint density at radius 1 is 0.714 bits per heavy atom. The van der Waals surface area contributed by atoms with E-state index in [0.29, 0.717) is 36.8 Å². The molecule has 16 nitrogen and oxygen atoms in total. The number of benzene rings is 3. The van der Waals surface area contributed by atoms with Crippen molar-refractivity contribution in [1.29, 1.82) is 0 Å². The Balaban J connectivity index is 1.18. The minimum absolute atomic E-state index is 0.00454. The highest BCUT2D eigenvalue weighted by atomic mass is 32.1. The zero-order chi connectivity index (χ0) is 51.1. The molecule has 0 fully saturated rings. The summed E-state index contributed by atoms with van der Waals surface area (Å²) in [6, 6.07) is 17.3. The quantitative estimate of drug-likeness (QED) is 0.0331. The van der Waals surface area contributed by atoms with Crippen molar-refractivity contribution in [3.05, 3.63) is 105 Å². The number of ketones is 4. The third-order valence-electron chi connectivity index (χ3n) is 12.6. The van der Waals surface area contributed by atoms with Crippen molar-refractivity contribution in [2.45, 2.75) is 135 Å². The fourth-order valence-electron chi connectivity index (χ4n) is 8.31. The number of amides is 3. The number of rotatable bonds is 28. The second-order valence-corrected chi connectivity index (χ2v) is 19.6. The van der Waals surface area contributed by atoms with Crippen LogP contribution in [0.3, 0.4) is 0 Å². The summed E-state index contributed by atoms with van der Waals surface area (Å²) in [5, 5.41) is 28.8. The number of unbranched alkanes of at least 4 members (excludes halogenated alkanes) is 2. The average molecular weight is 980 g/mol. The molecule has 374 valence electrons. The van der Waals surface area contributed by atoms with E-state index < -0.39 is 65.5 Å². The molecule has 5 rings (SSSR count). The number of thiazole rings is 1. The maximum Gasteiger partial charge on any atom is 0.407 e. The Kier molecular flexibility index (Phi) is 20.1. The molecule has 1 aromatic heterocycles. The zero-order valence-corrected chi connectivity index (χ0v) is 41.3. The Bertz CT molecular complexity index is 2490. The van der Waals surface area contributed by atoms with Gasteiger partial charge in [-0.3, -0.25) is 33.6 Å². The topological polar surface area (TPSA) is 261 Å². The van der Waals surface area contributed by atoms with Crippen LogP contribution in [0.1, 0.15) is 124 Å². The van der Waals surface area contributed by atoms with Gasteiger partial charge in [0.25, 0.3) is 0 Å². The number of carboxylic acids is 1. The molecule has 70 heavy (non-hydrogen) atoms. The largest absolute Gasteiger partial charge is 0.508 e. The molecule has 3 amide bonds. The number of phenols is 1. The lowest BCUT2D eigenvalue weighted by molar-refractivity contribution is -0.139. The Hall–Kier alpha value is -6.59. The summed E-state index contributed by atoms with van der Waals surface area (Å²) in [5.74, 6) is -4.99. The summed E-state index contributed by atoms with van der Waals surface area (Å²) < 4.78 is 5.80. The molecule has 0 bridgehead atoms. The summed E-state index contributed by atoms with van der Waals surface area (Å²) in [6.45, 7) is 7.84. The first-order valence-corrected chi connectivity index (χ1v) is 24.7. The van der Waals surface area contributed by atoms with Gasteiger partial charge >= 0.3 is 12.1 Å². The maximum atomic E-state index is 14.0. The van der Waals surface area contributed by atoms with E-state index in [1.54, 1.807) is 39.1 Å². The molecule has 0 saturated carbocycles. The highest BCUT2D eigenvalue weighted by Gasteiger charge is 2.31. The van der Waals surface area contributed by atoms with Gasteiger partial charge in [0.1, 0.15) is 18.1 Å². The number of hydrogen-bond donors (Lipinski definition) is 6. The van der Waals surface area contributed by atoms with E-state index in [2.05, 4.69) is 20.9 Å². The maximum absolute atomic E-state index is 14.0. The smallest absolute Gasteiger partial charge is 0.407 e. The standard InChI is InChI=1S/C53H65N5O11S/c1-30(23-47(62)32(3)54)51(66)56-33(4)44(59)17-7-6-8-18-49-55-28-37(70-49)27-36-25-35(19-20-46(36)61)26-43(48(63)24-31(2)52(67)57-34(5)45(60)21-22-50(64)65)58-53(68)69-29-42-40-15-11-9-13-38(40)39-14-10-12-16-41(39)42/h9-16,19-20,25,28,30-34,42-43,61H,6-8,17-18,21-24,26-27,29,54H2,1-5H3,(H,56,66)(H,57,67)(H,58,68)(H,64,65)/t30-,31-,32+,33+,34+,43+/m1/s1. The fourth-order valence-corrected chi connectivity index (χ4v) is 9.30. The van der Waals surface area contributed by atoms with Crippen LogP contribution in [-0.2, 0) is 57.6 Å². The molecule has 0 spiro atoms. The molecule has 0 unspecified atom stereocenters. The fraction of sp³-hybridized carbons (Fsp3) is 0.453. The van der Waals surface area contributed by atoms with E-state index >= 15 is 0 Å². The van der Waals surface area contributed by atoms with Crippen LogP contribution in [0.15, 0.2) is 72.9 Å². The van der Waals surface area contributed by atoms with Gasteiger partial charge < -0.3 is 36.6 Å². The number of alkyl carbamates (subject to hydrolysis) is 1. The average Bonchev–Trinajstić information content (AvgIpc) is 3.91. The lowest BCUT2D eigenvalue weighted by Gasteiger charge is -2.22. The van der Waals surface area contributed by atoms with Crippen LogP contribution >= 0.6 is 11.3 Å². The minimum Gasteiger partial charge on any atom is -0.508 e. The van der Waals surface area contributed by atoms with Crippen molar-refractivity contribution < 1.29 is 53.3 Å². The van der Waals surface area contributed by atoms with Crippen molar-refractivity contribution in [1.82, 2.24) is 20.9 Å². The van der Waals surface area contributed by atoms with Crippen LogP contribution in [-0.4, -0.2) is 93.0 Å².